The lowest BCUT2D eigenvalue weighted by atomic mass is 9.97. The van der Waals surface area contributed by atoms with Crippen molar-refractivity contribution in [3.63, 3.8) is 0 Å². The average Bonchev–Trinajstić information content (AvgIpc) is 2.24. The van der Waals surface area contributed by atoms with E-state index in [1.54, 1.807) is 27.7 Å². The Morgan fingerprint density at radius 1 is 1.22 bits per heavy atom. The quantitative estimate of drug-likeness (QED) is 0.637. The number of hydrogen-bond acceptors (Lipinski definition) is 4. The van der Waals surface area contributed by atoms with Crippen molar-refractivity contribution in [2.45, 2.75) is 40.2 Å². The van der Waals surface area contributed by atoms with E-state index in [2.05, 4.69) is 5.32 Å². The molecule has 0 bridgehead atoms. The molecule has 3 N–H and O–H groups in total. The fourth-order valence-corrected chi connectivity index (χ4v) is 1.41. The number of nitrogens with two attached hydrogens (primary N) is 1. The van der Waals surface area contributed by atoms with Gasteiger partial charge in [0.25, 0.3) is 0 Å². The van der Waals surface area contributed by atoms with Crippen LogP contribution in [0, 0.1) is 11.8 Å². The molecule has 0 heterocycles. The molecule has 0 fully saturated rings. The summed E-state index contributed by atoms with van der Waals surface area (Å²) in [6.45, 7) is 7.08. The van der Waals surface area contributed by atoms with Crippen molar-refractivity contribution in [2.75, 3.05) is 6.61 Å². The minimum absolute atomic E-state index is 0.0415. The summed E-state index contributed by atoms with van der Waals surface area (Å²) in [4.78, 5) is 34.1. The Balaban J connectivity index is 4.55. The maximum Gasteiger partial charge on any atom is 0.306 e. The third-order valence-electron chi connectivity index (χ3n) is 2.49. The van der Waals surface area contributed by atoms with Crippen LogP contribution in [0.1, 0.15) is 34.1 Å². The van der Waals surface area contributed by atoms with E-state index in [4.69, 9.17) is 10.5 Å². The largest absolute Gasteiger partial charge is 0.466 e. The minimum Gasteiger partial charge on any atom is -0.466 e. The van der Waals surface area contributed by atoms with Crippen LogP contribution in [0.4, 0.5) is 0 Å². The average molecular weight is 258 g/mol. The summed E-state index contributed by atoms with van der Waals surface area (Å²) in [6, 6.07) is -0.857. The number of nitrogens with one attached hydrogen (secondary N) is 1. The zero-order valence-corrected chi connectivity index (χ0v) is 11.4. The van der Waals surface area contributed by atoms with Crippen LogP contribution in [0.3, 0.4) is 0 Å². The van der Waals surface area contributed by atoms with Crippen LogP contribution in [0.15, 0.2) is 0 Å². The van der Waals surface area contributed by atoms with Gasteiger partial charge in [-0.3, -0.25) is 14.4 Å². The SMILES string of the molecule is CCOC(=O)C[C@H](C)[C@@H](NC(=O)C(C)C)C(N)=O. The van der Waals surface area contributed by atoms with Crippen LogP contribution in [0.25, 0.3) is 0 Å². The number of carbonyl (C=O) groups is 3. The Morgan fingerprint density at radius 3 is 2.17 bits per heavy atom. The fraction of sp³-hybridized carbons (Fsp3) is 0.750. The molecule has 0 aromatic rings. The van der Waals surface area contributed by atoms with Crippen LogP contribution >= 0.6 is 0 Å². The van der Waals surface area contributed by atoms with Crippen LogP contribution in [-0.2, 0) is 19.1 Å². The zero-order valence-electron chi connectivity index (χ0n) is 11.4. The number of esters is 1. The lowest BCUT2D eigenvalue weighted by Crippen LogP contribution is -2.50. The second kappa shape index (κ2) is 7.68. The van der Waals surface area contributed by atoms with Gasteiger partial charge in [0.2, 0.25) is 11.8 Å². The van der Waals surface area contributed by atoms with Gasteiger partial charge in [-0.2, -0.15) is 0 Å². The number of carbonyl (C=O) groups excluding carboxylic acids is 3. The monoisotopic (exact) mass is 258 g/mol. The fourth-order valence-electron chi connectivity index (χ4n) is 1.41. The predicted molar refractivity (Wildman–Crippen MR) is 66.4 cm³/mol. The molecule has 0 aliphatic carbocycles. The summed E-state index contributed by atoms with van der Waals surface area (Å²) in [7, 11) is 0. The third-order valence-corrected chi connectivity index (χ3v) is 2.49. The normalized spacial score (nSPS) is 13.8. The van der Waals surface area contributed by atoms with Gasteiger partial charge in [-0.05, 0) is 12.8 Å². The summed E-state index contributed by atoms with van der Waals surface area (Å²) in [5, 5.41) is 2.54. The Kier molecular flexibility index (Phi) is 7.00. The molecular weight excluding hydrogens is 236 g/mol. The van der Waals surface area contributed by atoms with E-state index in [0.717, 1.165) is 0 Å². The van der Waals surface area contributed by atoms with Gasteiger partial charge in [-0.25, -0.2) is 0 Å². The van der Waals surface area contributed by atoms with Gasteiger partial charge in [0.05, 0.1) is 13.0 Å². The number of hydrogen-bond donors (Lipinski definition) is 2. The van der Waals surface area contributed by atoms with E-state index in [0.29, 0.717) is 0 Å². The van der Waals surface area contributed by atoms with Crippen molar-refractivity contribution in [2.24, 2.45) is 17.6 Å². The summed E-state index contributed by atoms with van der Waals surface area (Å²) in [5.74, 6) is -1.98. The molecule has 0 aliphatic heterocycles. The highest BCUT2D eigenvalue weighted by molar-refractivity contribution is 5.88. The molecule has 0 aromatic heterocycles. The van der Waals surface area contributed by atoms with Gasteiger partial charge in [0, 0.05) is 5.92 Å². The Hall–Kier alpha value is -1.59. The summed E-state index contributed by atoms with van der Waals surface area (Å²) >= 11 is 0. The molecular formula is C12H22N2O4. The highest BCUT2D eigenvalue weighted by Gasteiger charge is 2.27. The maximum atomic E-state index is 11.5. The van der Waals surface area contributed by atoms with Crippen molar-refractivity contribution < 1.29 is 19.1 Å². The van der Waals surface area contributed by atoms with Gasteiger partial charge in [-0.1, -0.05) is 20.8 Å². The molecule has 0 aliphatic rings. The van der Waals surface area contributed by atoms with Gasteiger partial charge < -0.3 is 15.8 Å². The molecule has 104 valence electrons. The van der Waals surface area contributed by atoms with Crippen molar-refractivity contribution in [1.29, 1.82) is 0 Å². The molecule has 0 rings (SSSR count). The number of ether oxygens (including phenoxy) is 1. The molecule has 0 saturated carbocycles. The number of primary amides is 1. The van der Waals surface area contributed by atoms with E-state index in [1.165, 1.54) is 0 Å². The number of amides is 2. The molecule has 0 saturated heterocycles. The Morgan fingerprint density at radius 2 is 1.78 bits per heavy atom. The highest BCUT2D eigenvalue weighted by atomic mass is 16.5. The zero-order chi connectivity index (χ0) is 14.3. The Bertz CT molecular complexity index is 315. The van der Waals surface area contributed by atoms with Crippen LogP contribution in [-0.4, -0.2) is 30.4 Å². The first-order valence-electron chi connectivity index (χ1n) is 6.04. The Labute approximate surface area is 107 Å². The molecule has 0 unspecified atom stereocenters. The third kappa shape index (κ3) is 5.65. The molecule has 2 atom stereocenters. The first kappa shape index (κ1) is 16.4. The van der Waals surface area contributed by atoms with Gasteiger partial charge in [0.15, 0.2) is 0 Å². The van der Waals surface area contributed by atoms with Crippen LogP contribution in [0.2, 0.25) is 0 Å². The van der Waals surface area contributed by atoms with Crippen molar-refractivity contribution in [3.8, 4) is 0 Å². The van der Waals surface area contributed by atoms with E-state index in [-0.39, 0.29) is 24.9 Å². The smallest absolute Gasteiger partial charge is 0.306 e. The van der Waals surface area contributed by atoms with E-state index in [1.807, 2.05) is 0 Å². The van der Waals surface area contributed by atoms with Crippen LogP contribution < -0.4 is 11.1 Å². The summed E-state index contributed by atoms with van der Waals surface area (Å²) in [6.07, 6.45) is 0.0415. The second-order valence-corrected chi connectivity index (χ2v) is 4.53. The van der Waals surface area contributed by atoms with Crippen molar-refractivity contribution >= 4 is 17.8 Å². The molecule has 0 spiro atoms. The first-order valence-corrected chi connectivity index (χ1v) is 6.04. The second-order valence-electron chi connectivity index (χ2n) is 4.53. The maximum absolute atomic E-state index is 11.5. The minimum atomic E-state index is -0.857. The first-order chi connectivity index (χ1) is 8.29. The van der Waals surface area contributed by atoms with Gasteiger partial charge in [0.1, 0.15) is 6.04 Å². The summed E-state index contributed by atoms with van der Waals surface area (Å²) in [5.41, 5.74) is 5.23. The predicted octanol–water partition coefficient (Wildman–Crippen LogP) is 0.202. The summed E-state index contributed by atoms with van der Waals surface area (Å²) < 4.78 is 4.79. The lowest BCUT2D eigenvalue weighted by molar-refractivity contribution is -0.145. The highest BCUT2D eigenvalue weighted by Crippen LogP contribution is 2.10. The molecule has 6 nitrogen and oxygen atoms in total. The van der Waals surface area contributed by atoms with Crippen molar-refractivity contribution in [3.05, 3.63) is 0 Å². The molecule has 2 amide bonds. The molecule has 6 heteroatoms. The van der Waals surface area contributed by atoms with Gasteiger partial charge in [-0.15, -0.1) is 0 Å². The van der Waals surface area contributed by atoms with Crippen molar-refractivity contribution in [1.82, 2.24) is 5.32 Å². The van der Waals surface area contributed by atoms with Crippen LogP contribution in [0.5, 0.6) is 0 Å². The topological polar surface area (TPSA) is 98.5 Å². The number of rotatable bonds is 7. The van der Waals surface area contributed by atoms with Gasteiger partial charge >= 0.3 is 5.97 Å². The van der Waals surface area contributed by atoms with E-state index >= 15 is 0 Å². The standard InChI is InChI=1S/C12H22N2O4/c1-5-18-9(15)6-8(4)10(11(13)16)14-12(17)7(2)3/h7-8,10H,5-6H2,1-4H3,(H2,13,16)(H,14,17)/t8-,10+/m0/s1. The van der Waals surface area contributed by atoms with E-state index < -0.39 is 23.8 Å². The lowest BCUT2D eigenvalue weighted by Gasteiger charge is -2.22. The van der Waals surface area contributed by atoms with E-state index in [9.17, 15) is 14.4 Å². The molecule has 18 heavy (non-hydrogen) atoms. The molecule has 0 aromatic carbocycles. The molecule has 0 radical (unpaired) electrons.